The number of benzene rings is 1. The van der Waals surface area contributed by atoms with Gasteiger partial charge in [0.1, 0.15) is 0 Å². The van der Waals surface area contributed by atoms with Crippen molar-refractivity contribution in [2.75, 3.05) is 11.9 Å². The Hall–Kier alpha value is -0.510. The number of anilines is 1. The van der Waals surface area contributed by atoms with Crippen LogP contribution in [0.5, 0.6) is 0 Å². The molecule has 0 unspecified atom stereocenters. The fourth-order valence-electron chi connectivity index (χ4n) is 2.57. The first-order valence-corrected chi connectivity index (χ1v) is 8.20. The molecule has 1 heterocycles. The molecule has 20 heavy (non-hydrogen) atoms. The lowest BCUT2D eigenvalue weighted by atomic mass is 9.92. The minimum absolute atomic E-state index is 0.487. The highest BCUT2D eigenvalue weighted by atomic mass is 35.5. The van der Waals surface area contributed by atoms with Gasteiger partial charge in [0, 0.05) is 18.3 Å². The number of likely N-dealkylation sites (tertiary alicyclic amines) is 1. The molecule has 1 fully saturated rings. The van der Waals surface area contributed by atoms with Crippen molar-refractivity contribution in [3.8, 4) is 0 Å². The van der Waals surface area contributed by atoms with E-state index in [1.807, 2.05) is 12.1 Å². The number of hydrogen-bond donors (Lipinski definition) is 1. The monoisotopic (exact) mass is 330 g/mol. The van der Waals surface area contributed by atoms with E-state index in [2.05, 4.69) is 24.1 Å². The Morgan fingerprint density at radius 3 is 2.75 bits per heavy atom. The predicted molar refractivity (Wildman–Crippen MR) is 91.9 cm³/mol. The number of nitrogens with zero attached hydrogens (tertiary/aromatic N) is 1. The first kappa shape index (κ1) is 15.9. The summed E-state index contributed by atoms with van der Waals surface area (Å²) in [6, 6.07) is 5.97. The topological polar surface area (TPSA) is 15.3 Å². The van der Waals surface area contributed by atoms with Gasteiger partial charge in [0.05, 0.1) is 10.0 Å². The Balaban J connectivity index is 2.04. The zero-order chi connectivity index (χ0) is 14.7. The fourth-order valence-corrected chi connectivity index (χ4v) is 3.24. The number of thiocarbonyl (C=S) groups is 1. The largest absolute Gasteiger partial charge is 0.346 e. The van der Waals surface area contributed by atoms with Gasteiger partial charge in [-0.05, 0) is 56.1 Å². The van der Waals surface area contributed by atoms with E-state index in [0.717, 1.165) is 23.3 Å². The molecule has 0 aromatic heterocycles. The molecule has 1 aliphatic heterocycles. The van der Waals surface area contributed by atoms with Crippen LogP contribution in [0.2, 0.25) is 10.0 Å². The molecule has 0 bridgehead atoms. The van der Waals surface area contributed by atoms with Gasteiger partial charge < -0.3 is 10.2 Å². The van der Waals surface area contributed by atoms with Crippen LogP contribution in [0.1, 0.15) is 33.1 Å². The van der Waals surface area contributed by atoms with Gasteiger partial charge in [-0.1, -0.05) is 36.5 Å². The maximum absolute atomic E-state index is 6.03. The molecule has 5 heteroatoms. The normalized spacial score (nSPS) is 22.7. The third-order valence-corrected chi connectivity index (χ3v) is 5.06. The summed E-state index contributed by atoms with van der Waals surface area (Å²) in [7, 11) is 0. The van der Waals surface area contributed by atoms with Gasteiger partial charge >= 0.3 is 0 Å². The third kappa shape index (κ3) is 3.78. The Bertz CT molecular complexity index is 493. The van der Waals surface area contributed by atoms with E-state index in [-0.39, 0.29) is 0 Å². The second-order valence-electron chi connectivity index (χ2n) is 5.41. The smallest absolute Gasteiger partial charge is 0.173 e. The van der Waals surface area contributed by atoms with Crippen LogP contribution in [-0.4, -0.2) is 22.6 Å². The molecule has 1 saturated heterocycles. The van der Waals surface area contributed by atoms with E-state index < -0.39 is 0 Å². The van der Waals surface area contributed by atoms with Gasteiger partial charge in [0.25, 0.3) is 0 Å². The lowest BCUT2D eigenvalue weighted by molar-refractivity contribution is 0.196. The second-order valence-corrected chi connectivity index (χ2v) is 6.61. The average molecular weight is 331 g/mol. The minimum atomic E-state index is 0.487. The molecule has 0 saturated carbocycles. The fraction of sp³-hybridized carbons (Fsp3) is 0.533. The zero-order valence-electron chi connectivity index (χ0n) is 11.8. The van der Waals surface area contributed by atoms with Crippen molar-refractivity contribution in [2.45, 2.75) is 39.2 Å². The van der Waals surface area contributed by atoms with Crippen LogP contribution in [0, 0.1) is 5.92 Å². The molecule has 0 spiro atoms. The zero-order valence-corrected chi connectivity index (χ0v) is 14.2. The molecule has 1 aliphatic rings. The molecule has 2 atom stereocenters. The van der Waals surface area contributed by atoms with Gasteiger partial charge in [0.2, 0.25) is 0 Å². The predicted octanol–water partition coefficient (Wildman–Crippen LogP) is 5.20. The lowest BCUT2D eigenvalue weighted by Gasteiger charge is -2.39. The van der Waals surface area contributed by atoms with Crippen LogP contribution >= 0.6 is 35.4 Å². The highest BCUT2D eigenvalue weighted by molar-refractivity contribution is 7.80. The molecule has 0 aliphatic carbocycles. The summed E-state index contributed by atoms with van der Waals surface area (Å²) in [5.41, 5.74) is 0.884. The summed E-state index contributed by atoms with van der Waals surface area (Å²) in [6.45, 7) is 5.51. The maximum Gasteiger partial charge on any atom is 0.173 e. The van der Waals surface area contributed by atoms with Crippen LogP contribution in [0.15, 0.2) is 18.2 Å². The standard InChI is InChI=1S/C15H20Cl2N2S/c1-3-11-5-4-10(2)19(9-11)15(20)18-12-6-7-13(16)14(17)8-12/h6-8,10-11H,3-5,9H2,1-2H3,(H,18,20)/t10-,11+/m1/s1. The molecule has 0 amide bonds. The van der Waals surface area contributed by atoms with Crippen molar-refractivity contribution in [3.63, 3.8) is 0 Å². The number of piperidine rings is 1. The molecule has 1 aromatic rings. The quantitative estimate of drug-likeness (QED) is 0.750. The highest BCUT2D eigenvalue weighted by Gasteiger charge is 2.26. The van der Waals surface area contributed by atoms with E-state index in [4.69, 9.17) is 35.4 Å². The summed E-state index contributed by atoms with van der Waals surface area (Å²) in [5.74, 6) is 0.736. The van der Waals surface area contributed by atoms with Crippen LogP contribution in [0.4, 0.5) is 5.69 Å². The van der Waals surface area contributed by atoms with Crippen molar-refractivity contribution in [2.24, 2.45) is 5.92 Å². The van der Waals surface area contributed by atoms with E-state index >= 15 is 0 Å². The van der Waals surface area contributed by atoms with Crippen molar-refractivity contribution < 1.29 is 0 Å². The van der Waals surface area contributed by atoms with Crippen LogP contribution in [0.3, 0.4) is 0 Å². The number of halogens is 2. The van der Waals surface area contributed by atoms with Gasteiger partial charge in [-0.2, -0.15) is 0 Å². The second kappa shape index (κ2) is 6.97. The summed E-state index contributed by atoms with van der Waals surface area (Å²) < 4.78 is 0. The summed E-state index contributed by atoms with van der Waals surface area (Å²) in [5, 5.41) is 5.14. The Labute approximate surface area is 136 Å². The summed E-state index contributed by atoms with van der Waals surface area (Å²) >= 11 is 17.5. The summed E-state index contributed by atoms with van der Waals surface area (Å²) in [6.07, 6.45) is 3.70. The van der Waals surface area contributed by atoms with E-state index in [1.165, 1.54) is 19.3 Å². The lowest BCUT2D eigenvalue weighted by Crippen LogP contribution is -2.47. The molecule has 1 N–H and O–H groups in total. The van der Waals surface area contributed by atoms with Gasteiger partial charge in [0.15, 0.2) is 5.11 Å². The first-order valence-electron chi connectivity index (χ1n) is 7.04. The van der Waals surface area contributed by atoms with E-state index in [0.29, 0.717) is 16.1 Å². The Morgan fingerprint density at radius 2 is 2.10 bits per heavy atom. The van der Waals surface area contributed by atoms with Crippen LogP contribution < -0.4 is 5.32 Å². The van der Waals surface area contributed by atoms with Crippen LogP contribution in [0.25, 0.3) is 0 Å². The summed E-state index contributed by atoms with van der Waals surface area (Å²) in [4.78, 5) is 2.29. The van der Waals surface area contributed by atoms with Gasteiger partial charge in [-0.3, -0.25) is 0 Å². The molecular formula is C15H20Cl2N2S. The van der Waals surface area contributed by atoms with Crippen molar-refractivity contribution in [3.05, 3.63) is 28.2 Å². The molecule has 1 aromatic carbocycles. The van der Waals surface area contributed by atoms with Crippen LogP contribution in [-0.2, 0) is 0 Å². The third-order valence-electron chi connectivity index (χ3n) is 3.99. The Kier molecular flexibility index (Phi) is 5.53. The number of hydrogen-bond acceptors (Lipinski definition) is 1. The van der Waals surface area contributed by atoms with E-state index in [9.17, 15) is 0 Å². The molecule has 2 rings (SSSR count). The van der Waals surface area contributed by atoms with Crippen molar-refractivity contribution in [1.82, 2.24) is 4.90 Å². The molecular weight excluding hydrogens is 311 g/mol. The maximum atomic E-state index is 6.03. The number of nitrogens with one attached hydrogen (secondary N) is 1. The number of rotatable bonds is 2. The first-order chi connectivity index (χ1) is 9.51. The Morgan fingerprint density at radius 1 is 1.35 bits per heavy atom. The minimum Gasteiger partial charge on any atom is -0.346 e. The van der Waals surface area contributed by atoms with Gasteiger partial charge in [-0.25, -0.2) is 0 Å². The van der Waals surface area contributed by atoms with Crippen molar-refractivity contribution >= 4 is 46.2 Å². The average Bonchev–Trinajstić information content (AvgIpc) is 2.43. The van der Waals surface area contributed by atoms with Crippen molar-refractivity contribution in [1.29, 1.82) is 0 Å². The van der Waals surface area contributed by atoms with Gasteiger partial charge in [-0.15, -0.1) is 0 Å². The molecule has 0 radical (unpaired) electrons. The molecule has 2 nitrogen and oxygen atoms in total. The molecule has 110 valence electrons. The van der Waals surface area contributed by atoms with E-state index in [1.54, 1.807) is 6.07 Å². The SMILES string of the molecule is CC[C@H]1CC[C@@H](C)N(C(=S)Nc2ccc(Cl)c(Cl)c2)C1. The highest BCUT2D eigenvalue weighted by Crippen LogP contribution is 2.27.